The molecule has 5 heteroatoms. The largest absolute Gasteiger partial charge is 0.505 e. The van der Waals surface area contributed by atoms with Crippen LogP contribution in [0.5, 0.6) is 5.75 Å². The van der Waals surface area contributed by atoms with Crippen LogP contribution in [0.15, 0.2) is 18.5 Å². The van der Waals surface area contributed by atoms with E-state index in [0.717, 1.165) is 25.7 Å². The number of nitrogens with one attached hydrogen (secondary N) is 1. The number of carbonyl (C=O) groups excluding carboxylic acids is 1. The number of nitrogens with zero attached hydrogens (tertiary/aromatic N) is 1. The Morgan fingerprint density at radius 2 is 2.24 bits per heavy atom. The van der Waals surface area contributed by atoms with Crippen molar-refractivity contribution in [3.63, 3.8) is 0 Å². The van der Waals surface area contributed by atoms with Crippen LogP contribution in [-0.2, 0) is 0 Å². The molecule has 2 atom stereocenters. The van der Waals surface area contributed by atoms with E-state index in [9.17, 15) is 9.90 Å². The van der Waals surface area contributed by atoms with E-state index in [1.807, 2.05) is 0 Å². The molecule has 1 fully saturated rings. The van der Waals surface area contributed by atoms with Gasteiger partial charge in [0.2, 0.25) is 0 Å². The van der Waals surface area contributed by atoms with Crippen molar-refractivity contribution >= 4 is 17.5 Å². The van der Waals surface area contributed by atoms with Crippen molar-refractivity contribution < 1.29 is 9.90 Å². The van der Waals surface area contributed by atoms with Crippen LogP contribution in [0.4, 0.5) is 0 Å². The third-order valence-corrected chi connectivity index (χ3v) is 3.57. The smallest absolute Gasteiger partial charge is 0.255 e. The predicted octanol–water partition coefficient (Wildman–Crippen LogP) is 2.07. The van der Waals surface area contributed by atoms with Crippen molar-refractivity contribution in [3.05, 3.63) is 24.0 Å². The minimum atomic E-state index is -0.289. The Morgan fingerprint density at radius 3 is 2.94 bits per heavy atom. The summed E-state index contributed by atoms with van der Waals surface area (Å²) in [6.07, 6.45) is 6.75. The van der Waals surface area contributed by atoms with Gasteiger partial charge in [-0.25, -0.2) is 0 Å². The number of pyridine rings is 1. The van der Waals surface area contributed by atoms with Crippen molar-refractivity contribution in [3.8, 4) is 5.75 Å². The second-order valence-electron chi connectivity index (χ2n) is 4.27. The van der Waals surface area contributed by atoms with Crippen molar-refractivity contribution in [2.45, 2.75) is 37.1 Å². The lowest BCUT2D eigenvalue weighted by atomic mass is 9.94. The Morgan fingerprint density at radius 1 is 1.47 bits per heavy atom. The third-order valence-electron chi connectivity index (χ3n) is 3.04. The van der Waals surface area contributed by atoms with Gasteiger partial charge in [-0.1, -0.05) is 12.8 Å². The zero-order valence-electron chi connectivity index (χ0n) is 9.40. The monoisotopic (exact) mass is 254 g/mol. The topological polar surface area (TPSA) is 62.2 Å². The van der Waals surface area contributed by atoms with E-state index in [2.05, 4.69) is 10.3 Å². The highest BCUT2D eigenvalue weighted by atomic mass is 35.5. The predicted molar refractivity (Wildman–Crippen MR) is 65.3 cm³/mol. The molecule has 0 saturated heterocycles. The first-order valence-corrected chi connectivity index (χ1v) is 6.20. The molecule has 1 amide bonds. The first-order valence-electron chi connectivity index (χ1n) is 5.76. The molecule has 0 radical (unpaired) electrons. The second kappa shape index (κ2) is 5.36. The quantitative estimate of drug-likeness (QED) is 0.795. The van der Waals surface area contributed by atoms with Crippen molar-refractivity contribution in [2.24, 2.45) is 0 Å². The van der Waals surface area contributed by atoms with E-state index >= 15 is 0 Å². The maximum atomic E-state index is 11.9. The maximum absolute atomic E-state index is 11.9. The second-order valence-corrected chi connectivity index (χ2v) is 4.83. The van der Waals surface area contributed by atoms with E-state index in [1.54, 1.807) is 0 Å². The molecule has 4 nitrogen and oxygen atoms in total. The van der Waals surface area contributed by atoms with Gasteiger partial charge in [0.1, 0.15) is 5.75 Å². The summed E-state index contributed by atoms with van der Waals surface area (Å²) >= 11 is 6.16. The number of halogens is 1. The van der Waals surface area contributed by atoms with Crippen molar-refractivity contribution in [1.29, 1.82) is 0 Å². The molecule has 2 unspecified atom stereocenters. The van der Waals surface area contributed by atoms with Crippen molar-refractivity contribution in [2.75, 3.05) is 0 Å². The molecule has 0 aromatic carbocycles. The van der Waals surface area contributed by atoms with Gasteiger partial charge in [-0.3, -0.25) is 9.78 Å². The minimum absolute atomic E-state index is 0.00881. The lowest BCUT2D eigenvalue weighted by molar-refractivity contribution is 0.0926. The molecular formula is C12H15ClN2O2. The number of alkyl halides is 1. The Labute approximate surface area is 105 Å². The van der Waals surface area contributed by atoms with Gasteiger partial charge in [-0.15, -0.1) is 11.6 Å². The Bertz CT molecular complexity index is 411. The van der Waals surface area contributed by atoms with Crippen LogP contribution in [0, 0.1) is 0 Å². The zero-order valence-corrected chi connectivity index (χ0v) is 10.2. The van der Waals surface area contributed by atoms with E-state index in [-0.39, 0.29) is 28.6 Å². The number of carbonyl (C=O) groups is 1. The van der Waals surface area contributed by atoms with Crippen LogP contribution in [-0.4, -0.2) is 27.4 Å². The van der Waals surface area contributed by atoms with Gasteiger partial charge in [0.25, 0.3) is 5.91 Å². The van der Waals surface area contributed by atoms with Crippen LogP contribution in [0.1, 0.15) is 36.0 Å². The van der Waals surface area contributed by atoms with E-state index in [4.69, 9.17) is 11.6 Å². The summed E-state index contributed by atoms with van der Waals surface area (Å²) in [5.74, 6) is -0.394. The highest BCUT2D eigenvalue weighted by Crippen LogP contribution is 2.24. The van der Waals surface area contributed by atoms with Gasteiger partial charge in [0.15, 0.2) is 0 Å². The van der Waals surface area contributed by atoms with Gasteiger partial charge in [-0.05, 0) is 18.9 Å². The summed E-state index contributed by atoms with van der Waals surface area (Å²) in [5, 5.41) is 12.4. The molecule has 1 aliphatic rings. The van der Waals surface area contributed by atoms with Crippen LogP contribution >= 0.6 is 11.6 Å². The molecule has 92 valence electrons. The molecule has 1 aromatic heterocycles. The molecule has 1 heterocycles. The molecular weight excluding hydrogens is 240 g/mol. The highest BCUT2D eigenvalue weighted by Gasteiger charge is 2.25. The first-order chi connectivity index (χ1) is 8.18. The van der Waals surface area contributed by atoms with Crippen LogP contribution in [0.25, 0.3) is 0 Å². The number of rotatable bonds is 2. The van der Waals surface area contributed by atoms with Gasteiger partial charge < -0.3 is 10.4 Å². The summed E-state index contributed by atoms with van der Waals surface area (Å²) in [6, 6.07) is 1.49. The molecule has 0 spiro atoms. The molecule has 2 rings (SSSR count). The van der Waals surface area contributed by atoms with E-state index in [0.29, 0.717) is 0 Å². The molecule has 1 aromatic rings. The SMILES string of the molecule is O=C(NC1CCCCC1Cl)c1ccncc1O. The van der Waals surface area contributed by atoms with Crippen LogP contribution in [0.2, 0.25) is 0 Å². The molecule has 17 heavy (non-hydrogen) atoms. The normalized spacial score (nSPS) is 24.3. The Hall–Kier alpha value is -1.29. The molecule has 0 bridgehead atoms. The Kier molecular flexibility index (Phi) is 3.84. The maximum Gasteiger partial charge on any atom is 0.255 e. The standard InChI is InChI=1S/C12H15ClN2O2/c13-9-3-1-2-4-10(9)15-12(17)8-5-6-14-7-11(8)16/h5-7,9-10,16H,1-4H2,(H,15,17). The van der Waals surface area contributed by atoms with Gasteiger partial charge >= 0.3 is 0 Å². The van der Waals surface area contributed by atoms with Gasteiger partial charge in [0, 0.05) is 12.2 Å². The fourth-order valence-corrected chi connectivity index (χ4v) is 2.42. The number of aromatic nitrogens is 1. The van der Waals surface area contributed by atoms with Gasteiger partial charge in [0.05, 0.1) is 17.1 Å². The summed E-state index contributed by atoms with van der Waals surface area (Å²) in [4.78, 5) is 15.7. The minimum Gasteiger partial charge on any atom is -0.505 e. The fourth-order valence-electron chi connectivity index (χ4n) is 2.07. The number of hydrogen-bond donors (Lipinski definition) is 2. The van der Waals surface area contributed by atoms with Gasteiger partial charge in [-0.2, -0.15) is 0 Å². The number of aromatic hydroxyl groups is 1. The summed E-state index contributed by atoms with van der Waals surface area (Å²) < 4.78 is 0. The average molecular weight is 255 g/mol. The molecule has 0 aliphatic heterocycles. The number of hydrogen-bond acceptors (Lipinski definition) is 3. The Balaban J connectivity index is 2.04. The molecule has 1 saturated carbocycles. The van der Waals surface area contributed by atoms with E-state index in [1.165, 1.54) is 18.5 Å². The number of amides is 1. The fraction of sp³-hybridized carbons (Fsp3) is 0.500. The lowest BCUT2D eigenvalue weighted by Crippen LogP contribution is -2.42. The van der Waals surface area contributed by atoms with Crippen LogP contribution < -0.4 is 5.32 Å². The average Bonchev–Trinajstić information content (AvgIpc) is 2.32. The van der Waals surface area contributed by atoms with Crippen LogP contribution in [0.3, 0.4) is 0 Å². The zero-order chi connectivity index (χ0) is 12.3. The highest BCUT2D eigenvalue weighted by molar-refractivity contribution is 6.21. The molecule has 1 aliphatic carbocycles. The lowest BCUT2D eigenvalue weighted by Gasteiger charge is -2.27. The summed E-state index contributed by atoms with van der Waals surface area (Å²) in [7, 11) is 0. The molecule has 2 N–H and O–H groups in total. The first kappa shape index (κ1) is 12.2. The third kappa shape index (κ3) is 2.88. The van der Waals surface area contributed by atoms with E-state index < -0.39 is 0 Å². The van der Waals surface area contributed by atoms with Crippen molar-refractivity contribution in [1.82, 2.24) is 10.3 Å². The summed E-state index contributed by atoms with van der Waals surface area (Å²) in [5.41, 5.74) is 0.245. The summed E-state index contributed by atoms with van der Waals surface area (Å²) in [6.45, 7) is 0.